The first-order chi connectivity index (χ1) is 8.66. The lowest BCUT2D eigenvalue weighted by Crippen LogP contribution is -2.52. The molecule has 0 aromatic rings. The molecule has 104 valence electrons. The summed E-state index contributed by atoms with van der Waals surface area (Å²) in [6.07, 6.45) is 0. The molecule has 2 aliphatic rings. The summed E-state index contributed by atoms with van der Waals surface area (Å²) >= 11 is 0. The SMILES string of the molecule is CC(C)N1CCN(CC(=O)N2CCOCC2)CC1. The third-order valence-corrected chi connectivity index (χ3v) is 3.86. The lowest BCUT2D eigenvalue weighted by Gasteiger charge is -2.37. The van der Waals surface area contributed by atoms with Crippen molar-refractivity contribution in [1.82, 2.24) is 14.7 Å². The molecular formula is C13H25N3O2. The maximum atomic E-state index is 12.1. The average molecular weight is 255 g/mol. The molecule has 0 bridgehead atoms. The van der Waals surface area contributed by atoms with Gasteiger partial charge in [0, 0.05) is 45.3 Å². The monoisotopic (exact) mass is 255 g/mol. The highest BCUT2D eigenvalue weighted by Gasteiger charge is 2.23. The normalized spacial score (nSPS) is 23.6. The van der Waals surface area contributed by atoms with E-state index >= 15 is 0 Å². The summed E-state index contributed by atoms with van der Waals surface area (Å²) in [5.74, 6) is 0.260. The number of hydrogen-bond donors (Lipinski definition) is 0. The highest BCUT2D eigenvalue weighted by atomic mass is 16.5. The summed E-state index contributed by atoms with van der Waals surface area (Å²) < 4.78 is 5.27. The van der Waals surface area contributed by atoms with E-state index in [0.717, 1.165) is 39.3 Å². The van der Waals surface area contributed by atoms with Crippen molar-refractivity contribution in [3.63, 3.8) is 0 Å². The maximum absolute atomic E-state index is 12.1. The first-order valence-electron chi connectivity index (χ1n) is 6.99. The zero-order chi connectivity index (χ0) is 13.0. The van der Waals surface area contributed by atoms with Gasteiger partial charge in [-0.15, -0.1) is 0 Å². The summed E-state index contributed by atoms with van der Waals surface area (Å²) in [7, 11) is 0. The van der Waals surface area contributed by atoms with Crippen molar-refractivity contribution in [3.05, 3.63) is 0 Å². The number of amides is 1. The highest BCUT2D eigenvalue weighted by Crippen LogP contribution is 2.06. The standard InChI is InChI=1S/C13H25N3O2/c1-12(2)15-5-3-14(4-6-15)11-13(17)16-7-9-18-10-8-16/h12H,3-11H2,1-2H3. The van der Waals surface area contributed by atoms with Gasteiger partial charge in [-0.2, -0.15) is 0 Å². The van der Waals surface area contributed by atoms with Crippen LogP contribution in [0.2, 0.25) is 0 Å². The van der Waals surface area contributed by atoms with E-state index in [9.17, 15) is 4.79 Å². The summed E-state index contributed by atoms with van der Waals surface area (Å²) in [6.45, 7) is 12.1. The molecule has 2 fully saturated rings. The summed E-state index contributed by atoms with van der Waals surface area (Å²) in [6, 6.07) is 0.613. The van der Waals surface area contributed by atoms with E-state index in [1.54, 1.807) is 0 Å². The van der Waals surface area contributed by atoms with Crippen molar-refractivity contribution in [2.45, 2.75) is 19.9 Å². The molecule has 5 heteroatoms. The number of piperazine rings is 1. The second-order valence-corrected chi connectivity index (χ2v) is 5.40. The molecular weight excluding hydrogens is 230 g/mol. The zero-order valence-electron chi connectivity index (χ0n) is 11.6. The molecule has 0 saturated carbocycles. The van der Waals surface area contributed by atoms with E-state index < -0.39 is 0 Å². The van der Waals surface area contributed by atoms with Crippen LogP contribution in [0.1, 0.15) is 13.8 Å². The lowest BCUT2D eigenvalue weighted by atomic mass is 10.2. The number of carbonyl (C=O) groups excluding carboxylic acids is 1. The Balaban J connectivity index is 1.72. The Hall–Kier alpha value is -0.650. The molecule has 0 atom stereocenters. The zero-order valence-corrected chi connectivity index (χ0v) is 11.6. The summed E-state index contributed by atoms with van der Waals surface area (Å²) in [4.78, 5) is 18.8. The third-order valence-electron chi connectivity index (χ3n) is 3.86. The number of rotatable bonds is 3. The van der Waals surface area contributed by atoms with E-state index in [1.807, 2.05) is 4.90 Å². The Kier molecular flexibility index (Phi) is 4.97. The molecule has 18 heavy (non-hydrogen) atoms. The van der Waals surface area contributed by atoms with Gasteiger partial charge < -0.3 is 9.64 Å². The number of nitrogens with zero attached hydrogens (tertiary/aromatic N) is 3. The topological polar surface area (TPSA) is 36.0 Å². The third kappa shape index (κ3) is 3.67. The molecule has 2 aliphatic heterocycles. The van der Waals surface area contributed by atoms with Crippen LogP contribution in [0, 0.1) is 0 Å². The summed E-state index contributed by atoms with van der Waals surface area (Å²) in [5, 5.41) is 0. The van der Waals surface area contributed by atoms with Gasteiger partial charge in [0.2, 0.25) is 5.91 Å². The molecule has 2 rings (SSSR count). The lowest BCUT2D eigenvalue weighted by molar-refractivity contribution is -0.136. The van der Waals surface area contributed by atoms with Crippen LogP contribution in [-0.2, 0) is 9.53 Å². The number of carbonyl (C=O) groups is 1. The van der Waals surface area contributed by atoms with Crippen LogP contribution in [0.3, 0.4) is 0 Å². The highest BCUT2D eigenvalue weighted by molar-refractivity contribution is 5.78. The minimum Gasteiger partial charge on any atom is -0.378 e. The quantitative estimate of drug-likeness (QED) is 0.704. The van der Waals surface area contributed by atoms with E-state index in [1.165, 1.54) is 0 Å². The van der Waals surface area contributed by atoms with E-state index in [4.69, 9.17) is 4.74 Å². The molecule has 2 saturated heterocycles. The Morgan fingerprint density at radius 1 is 1.06 bits per heavy atom. The van der Waals surface area contributed by atoms with Gasteiger partial charge >= 0.3 is 0 Å². The van der Waals surface area contributed by atoms with Crippen LogP contribution in [0.4, 0.5) is 0 Å². The smallest absolute Gasteiger partial charge is 0.236 e. The van der Waals surface area contributed by atoms with Crippen molar-refractivity contribution < 1.29 is 9.53 Å². The first-order valence-corrected chi connectivity index (χ1v) is 6.99. The van der Waals surface area contributed by atoms with Gasteiger partial charge in [-0.3, -0.25) is 14.6 Å². The number of morpholine rings is 1. The summed E-state index contributed by atoms with van der Waals surface area (Å²) in [5.41, 5.74) is 0. The van der Waals surface area contributed by atoms with Crippen molar-refractivity contribution in [2.75, 3.05) is 59.0 Å². The molecule has 0 N–H and O–H groups in total. The first kappa shape index (κ1) is 13.8. The van der Waals surface area contributed by atoms with Gasteiger partial charge in [-0.05, 0) is 13.8 Å². The average Bonchev–Trinajstić information content (AvgIpc) is 2.40. The number of ether oxygens (including phenoxy) is 1. The molecule has 0 spiro atoms. The molecule has 0 radical (unpaired) electrons. The van der Waals surface area contributed by atoms with E-state index in [2.05, 4.69) is 23.6 Å². The van der Waals surface area contributed by atoms with Gasteiger partial charge in [-0.25, -0.2) is 0 Å². The predicted molar refractivity (Wildman–Crippen MR) is 70.5 cm³/mol. The van der Waals surface area contributed by atoms with Crippen LogP contribution in [0.25, 0.3) is 0 Å². The Morgan fingerprint density at radius 3 is 2.22 bits per heavy atom. The van der Waals surface area contributed by atoms with E-state index in [-0.39, 0.29) is 5.91 Å². The Morgan fingerprint density at radius 2 is 1.67 bits per heavy atom. The molecule has 1 amide bonds. The predicted octanol–water partition coefficient (Wildman–Crippen LogP) is -0.129. The molecule has 0 aliphatic carbocycles. The van der Waals surface area contributed by atoms with Gasteiger partial charge in [0.1, 0.15) is 0 Å². The fraction of sp³-hybridized carbons (Fsp3) is 0.923. The van der Waals surface area contributed by atoms with Crippen LogP contribution >= 0.6 is 0 Å². The van der Waals surface area contributed by atoms with Crippen LogP contribution in [-0.4, -0.2) is 85.7 Å². The largest absolute Gasteiger partial charge is 0.378 e. The fourth-order valence-electron chi connectivity index (χ4n) is 2.54. The second kappa shape index (κ2) is 6.50. The molecule has 0 unspecified atom stereocenters. The fourth-order valence-corrected chi connectivity index (χ4v) is 2.54. The van der Waals surface area contributed by atoms with Gasteiger partial charge in [0.15, 0.2) is 0 Å². The van der Waals surface area contributed by atoms with Gasteiger partial charge in [0.05, 0.1) is 19.8 Å². The molecule has 5 nitrogen and oxygen atoms in total. The van der Waals surface area contributed by atoms with Gasteiger partial charge in [-0.1, -0.05) is 0 Å². The van der Waals surface area contributed by atoms with Crippen LogP contribution in [0.15, 0.2) is 0 Å². The molecule has 0 aromatic heterocycles. The van der Waals surface area contributed by atoms with Crippen molar-refractivity contribution >= 4 is 5.91 Å². The van der Waals surface area contributed by atoms with E-state index in [0.29, 0.717) is 25.8 Å². The molecule has 2 heterocycles. The van der Waals surface area contributed by atoms with Crippen LogP contribution < -0.4 is 0 Å². The Bertz CT molecular complexity index is 269. The van der Waals surface area contributed by atoms with Gasteiger partial charge in [0.25, 0.3) is 0 Å². The second-order valence-electron chi connectivity index (χ2n) is 5.40. The number of hydrogen-bond acceptors (Lipinski definition) is 4. The van der Waals surface area contributed by atoms with Crippen molar-refractivity contribution in [3.8, 4) is 0 Å². The van der Waals surface area contributed by atoms with Crippen LogP contribution in [0.5, 0.6) is 0 Å². The Labute approximate surface area is 110 Å². The minimum absolute atomic E-state index is 0.260. The van der Waals surface area contributed by atoms with Crippen molar-refractivity contribution in [2.24, 2.45) is 0 Å². The molecule has 0 aromatic carbocycles. The maximum Gasteiger partial charge on any atom is 0.236 e. The minimum atomic E-state index is 0.260. The van der Waals surface area contributed by atoms with Crippen molar-refractivity contribution in [1.29, 1.82) is 0 Å².